The maximum atomic E-state index is 13.7. The van der Waals surface area contributed by atoms with Crippen LogP contribution in [0.5, 0.6) is 17.2 Å². The summed E-state index contributed by atoms with van der Waals surface area (Å²) in [5, 5.41) is 0. The molecule has 3 nitrogen and oxygen atoms in total. The average molecular weight is 314 g/mol. The van der Waals surface area contributed by atoms with Gasteiger partial charge in [-0.3, -0.25) is 4.79 Å². The fourth-order valence-corrected chi connectivity index (χ4v) is 1.76. The van der Waals surface area contributed by atoms with Gasteiger partial charge in [-0.1, -0.05) is 12.1 Å². The van der Waals surface area contributed by atoms with Crippen molar-refractivity contribution in [3.05, 3.63) is 53.3 Å². The lowest BCUT2D eigenvalue weighted by atomic mass is 10.2. The average Bonchev–Trinajstić information content (AvgIpc) is 2.42. The van der Waals surface area contributed by atoms with E-state index in [1.165, 1.54) is 12.1 Å². The summed E-state index contributed by atoms with van der Waals surface area (Å²) in [6, 6.07) is 7.21. The molecule has 0 unspecified atom stereocenters. The lowest BCUT2D eigenvalue weighted by molar-refractivity contribution is -0.274. The molecule has 0 radical (unpaired) electrons. The molecule has 0 N–H and O–H groups in total. The van der Waals surface area contributed by atoms with Gasteiger partial charge < -0.3 is 9.47 Å². The smallest absolute Gasteiger partial charge is 0.453 e. The largest absolute Gasteiger partial charge is 0.573 e. The lowest BCUT2D eigenvalue weighted by Gasteiger charge is -2.13. The second-order valence-corrected chi connectivity index (χ2v) is 4.35. The minimum absolute atomic E-state index is 0.0716. The highest BCUT2D eigenvalue weighted by Crippen LogP contribution is 2.32. The summed E-state index contributed by atoms with van der Waals surface area (Å²) in [5.41, 5.74) is 0.289. The van der Waals surface area contributed by atoms with Gasteiger partial charge in [0.2, 0.25) is 0 Å². The number of hydrogen-bond acceptors (Lipinski definition) is 3. The van der Waals surface area contributed by atoms with Crippen molar-refractivity contribution in [1.82, 2.24) is 0 Å². The van der Waals surface area contributed by atoms with E-state index in [1.54, 1.807) is 13.0 Å². The van der Waals surface area contributed by atoms with Crippen molar-refractivity contribution in [2.45, 2.75) is 13.3 Å². The van der Waals surface area contributed by atoms with Crippen LogP contribution in [0.1, 0.15) is 15.9 Å². The van der Waals surface area contributed by atoms with Crippen LogP contribution >= 0.6 is 0 Å². The summed E-state index contributed by atoms with van der Waals surface area (Å²) in [6.45, 7) is 1.60. The van der Waals surface area contributed by atoms with E-state index in [0.717, 1.165) is 18.2 Å². The molecular weight excluding hydrogens is 304 g/mol. The standard InChI is InChI=1S/C15H10F4O3/c1-9-3-2-4-12(16)14(9)21-13-6-5-11(7-10(13)8-20)22-15(17,18)19/h2-8H,1H3. The predicted octanol–water partition coefficient (Wildman–Crippen LogP) is 4.64. The van der Waals surface area contributed by atoms with Gasteiger partial charge in [0.15, 0.2) is 17.9 Å². The Hall–Kier alpha value is -2.57. The van der Waals surface area contributed by atoms with Crippen molar-refractivity contribution in [3.63, 3.8) is 0 Å². The molecule has 0 spiro atoms. The van der Waals surface area contributed by atoms with Gasteiger partial charge >= 0.3 is 6.36 Å². The number of rotatable bonds is 4. The summed E-state index contributed by atoms with van der Waals surface area (Å²) in [4.78, 5) is 11.0. The lowest BCUT2D eigenvalue weighted by Crippen LogP contribution is -2.17. The Labute approximate surface area is 123 Å². The maximum absolute atomic E-state index is 13.7. The first-order valence-corrected chi connectivity index (χ1v) is 6.08. The number of carbonyl (C=O) groups is 1. The summed E-state index contributed by atoms with van der Waals surface area (Å²) in [7, 11) is 0. The SMILES string of the molecule is Cc1cccc(F)c1Oc1ccc(OC(F)(F)F)cc1C=O. The molecule has 0 fully saturated rings. The van der Waals surface area contributed by atoms with Gasteiger partial charge in [-0.2, -0.15) is 0 Å². The second kappa shape index (κ2) is 6.05. The van der Waals surface area contributed by atoms with Gasteiger partial charge in [-0.25, -0.2) is 4.39 Å². The number of hydrogen-bond donors (Lipinski definition) is 0. The van der Waals surface area contributed by atoms with Crippen LogP contribution < -0.4 is 9.47 Å². The van der Waals surface area contributed by atoms with Gasteiger partial charge in [-0.05, 0) is 36.8 Å². The van der Waals surface area contributed by atoms with E-state index in [4.69, 9.17) is 4.74 Å². The highest BCUT2D eigenvalue weighted by Gasteiger charge is 2.31. The van der Waals surface area contributed by atoms with Crippen LogP contribution in [0.25, 0.3) is 0 Å². The molecule has 0 amide bonds. The van der Waals surface area contributed by atoms with E-state index in [0.29, 0.717) is 11.8 Å². The molecule has 0 aromatic heterocycles. The minimum Gasteiger partial charge on any atom is -0.453 e. The molecule has 2 aromatic rings. The number of ether oxygens (including phenoxy) is 2. The van der Waals surface area contributed by atoms with Crippen molar-refractivity contribution in [1.29, 1.82) is 0 Å². The number of carbonyl (C=O) groups excluding carboxylic acids is 1. The van der Waals surface area contributed by atoms with Gasteiger partial charge in [-0.15, -0.1) is 13.2 Å². The first-order valence-electron chi connectivity index (χ1n) is 6.08. The van der Waals surface area contributed by atoms with Crippen molar-refractivity contribution in [2.24, 2.45) is 0 Å². The normalized spacial score (nSPS) is 11.1. The van der Waals surface area contributed by atoms with Crippen molar-refractivity contribution < 1.29 is 31.8 Å². The molecule has 22 heavy (non-hydrogen) atoms. The van der Waals surface area contributed by atoms with Crippen LogP contribution in [-0.2, 0) is 0 Å². The van der Waals surface area contributed by atoms with Crippen LogP contribution in [0.4, 0.5) is 17.6 Å². The first kappa shape index (κ1) is 15.8. The number of aldehydes is 1. The third-order valence-electron chi connectivity index (χ3n) is 2.72. The number of aryl methyl sites for hydroxylation is 1. The van der Waals surface area contributed by atoms with Gasteiger partial charge in [0, 0.05) is 0 Å². The zero-order valence-electron chi connectivity index (χ0n) is 11.3. The Bertz CT molecular complexity index is 675. The third kappa shape index (κ3) is 3.75. The molecule has 2 aromatic carbocycles. The first-order chi connectivity index (χ1) is 10.3. The Balaban J connectivity index is 2.34. The predicted molar refractivity (Wildman–Crippen MR) is 69.7 cm³/mol. The highest BCUT2D eigenvalue weighted by molar-refractivity contribution is 5.80. The Morgan fingerprint density at radius 2 is 1.86 bits per heavy atom. The Kier molecular flexibility index (Phi) is 4.35. The molecule has 0 saturated carbocycles. The topological polar surface area (TPSA) is 35.5 Å². The van der Waals surface area contributed by atoms with E-state index in [1.807, 2.05) is 0 Å². The van der Waals surface area contributed by atoms with Gasteiger partial charge in [0.25, 0.3) is 0 Å². The van der Waals surface area contributed by atoms with E-state index >= 15 is 0 Å². The molecule has 2 rings (SSSR count). The molecule has 0 heterocycles. The van der Waals surface area contributed by atoms with Gasteiger partial charge in [0.05, 0.1) is 5.56 Å². The van der Waals surface area contributed by atoms with Crippen LogP contribution in [0.15, 0.2) is 36.4 Å². The van der Waals surface area contributed by atoms with Crippen molar-refractivity contribution >= 4 is 6.29 Å². The van der Waals surface area contributed by atoms with Crippen LogP contribution in [0, 0.1) is 12.7 Å². The maximum Gasteiger partial charge on any atom is 0.573 e. The summed E-state index contributed by atoms with van der Waals surface area (Å²) in [5.74, 6) is -1.38. The van der Waals surface area contributed by atoms with Crippen LogP contribution in [-0.4, -0.2) is 12.6 Å². The summed E-state index contributed by atoms with van der Waals surface area (Å²) >= 11 is 0. The number of alkyl halides is 3. The van der Waals surface area contributed by atoms with E-state index in [-0.39, 0.29) is 17.1 Å². The summed E-state index contributed by atoms with van der Waals surface area (Å²) < 4.78 is 59.1. The number of para-hydroxylation sites is 1. The monoisotopic (exact) mass is 314 g/mol. The van der Waals surface area contributed by atoms with Crippen LogP contribution in [0.3, 0.4) is 0 Å². The zero-order chi connectivity index (χ0) is 16.3. The highest BCUT2D eigenvalue weighted by atomic mass is 19.4. The Morgan fingerprint density at radius 1 is 1.14 bits per heavy atom. The quantitative estimate of drug-likeness (QED) is 0.609. The summed E-state index contributed by atoms with van der Waals surface area (Å²) in [6.07, 6.45) is -4.57. The van der Waals surface area contributed by atoms with Gasteiger partial charge in [0.1, 0.15) is 11.5 Å². The third-order valence-corrected chi connectivity index (χ3v) is 2.72. The second-order valence-electron chi connectivity index (χ2n) is 4.35. The fraction of sp³-hybridized carbons (Fsp3) is 0.133. The molecule has 116 valence electrons. The molecule has 0 aliphatic carbocycles. The zero-order valence-corrected chi connectivity index (χ0v) is 11.3. The molecule has 0 aliphatic rings. The number of halogens is 4. The minimum atomic E-state index is -4.87. The molecule has 7 heteroatoms. The molecule has 0 aliphatic heterocycles. The molecule has 0 saturated heterocycles. The Morgan fingerprint density at radius 3 is 2.45 bits per heavy atom. The molecule has 0 bridgehead atoms. The van der Waals surface area contributed by atoms with E-state index < -0.39 is 17.9 Å². The van der Waals surface area contributed by atoms with Crippen molar-refractivity contribution in [2.75, 3.05) is 0 Å². The van der Waals surface area contributed by atoms with E-state index in [9.17, 15) is 22.4 Å². The fourth-order valence-electron chi connectivity index (χ4n) is 1.76. The number of benzene rings is 2. The van der Waals surface area contributed by atoms with E-state index in [2.05, 4.69) is 4.74 Å². The van der Waals surface area contributed by atoms with Crippen LogP contribution in [0.2, 0.25) is 0 Å². The molecule has 0 atom stereocenters. The van der Waals surface area contributed by atoms with Crippen molar-refractivity contribution in [3.8, 4) is 17.2 Å². The molecular formula is C15H10F4O3.